The van der Waals surface area contributed by atoms with E-state index in [9.17, 15) is 4.79 Å². The summed E-state index contributed by atoms with van der Waals surface area (Å²) in [5, 5.41) is 3.18. The first-order valence-corrected chi connectivity index (χ1v) is 7.21. The van der Waals surface area contributed by atoms with Gasteiger partial charge in [-0.2, -0.15) is 0 Å². The lowest BCUT2D eigenvalue weighted by molar-refractivity contribution is -0.149. The fraction of sp³-hybridized carbons (Fsp3) is 0.933. The molecule has 0 aromatic heterocycles. The third-order valence-electron chi connectivity index (χ3n) is 3.56. The van der Waals surface area contributed by atoms with Crippen LogP contribution >= 0.6 is 0 Å². The molecule has 0 aliphatic heterocycles. The molecular formula is C15H31NO4. The van der Waals surface area contributed by atoms with E-state index < -0.39 is 5.54 Å². The minimum atomic E-state index is -0.709. The van der Waals surface area contributed by atoms with E-state index >= 15 is 0 Å². The van der Waals surface area contributed by atoms with Crippen LogP contribution in [0.25, 0.3) is 0 Å². The Morgan fingerprint density at radius 2 is 1.85 bits per heavy atom. The normalized spacial score (nSPS) is 16.6. The van der Waals surface area contributed by atoms with Gasteiger partial charge in [0, 0.05) is 20.1 Å². The molecule has 0 saturated heterocycles. The van der Waals surface area contributed by atoms with Crippen molar-refractivity contribution in [2.75, 3.05) is 27.4 Å². The molecule has 0 rings (SSSR count). The molecule has 0 spiro atoms. The van der Waals surface area contributed by atoms with Crippen molar-refractivity contribution in [3.05, 3.63) is 0 Å². The fourth-order valence-corrected chi connectivity index (χ4v) is 2.08. The van der Waals surface area contributed by atoms with Gasteiger partial charge in [0.15, 0.2) is 0 Å². The standard InChI is InChI=1S/C15H31NO4/c1-8-16-15(5,13(17)18-6)11-12(2)20-10-9-14(3,4)19-7/h12,16H,8-11H2,1-7H3. The van der Waals surface area contributed by atoms with Crippen LogP contribution in [-0.2, 0) is 19.0 Å². The van der Waals surface area contributed by atoms with E-state index in [1.165, 1.54) is 7.11 Å². The van der Waals surface area contributed by atoms with E-state index in [0.717, 1.165) is 6.42 Å². The van der Waals surface area contributed by atoms with Gasteiger partial charge in [0.1, 0.15) is 5.54 Å². The number of hydrogen-bond donors (Lipinski definition) is 1. The number of carbonyl (C=O) groups excluding carboxylic acids is 1. The van der Waals surface area contributed by atoms with Crippen molar-refractivity contribution in [3.8, 4) is 0 Å². The minimum Gasteiger partial charge on any atom is -0.468 e. The highest BCUT2D eigenvalue weighted by molar-refractivity contribution is 5.80. The molecule has 0 fully saturated rings. The molecule has 2 atom stereocenters. The van der Waals surface area contributed by atoms with Gasteiger partial charge < -0.3 is 19.5 Å². The van der Waals surface area contributed by atoms with Crippen LogP contribution in [0.5, 0.6) is 0 Å². The van der Waals surface area contributed by atoms with Gasteiger partial charge in [-0.15, -0.1) is 0 Å². The van der Waals surface area contributed by atoms with Crippen LogP contribution in [0.1, 0.15) is 47.5 Å². The van der Waals surface area contributed by atoms with Crippen LogP contribution in [0.2, 0.25) is 0 Å². The van der Waals surface area contributed by atoms with Crippen molar-refractivity contribution in [1.29, 1.82) is 0 Å². The Balaban J connectivity index is 4.34. The second-order valence-corrected chi connectivity index (χ2v) is 5.95. The lowest BCUT2D eigenvalue weighted by Crippen LogP contribution is -2.52. The summed E-state index contributed by atoms with van der Waals surface area (Å²) in [7, 11) is 3.10. The predicted molar refractivity (Wildman–Crippen MR) is 79.8 cm³/mol. The Bertz CT molecular complexity index is 294. The summed E-state index contributed by atoms with van der Waals surface area (Å²) < 4.78 is 16.0. The van der Waals surface area contributed by atoms with Crippen LogP contribution in [0, 0.1) is 0 Å². The largest absolute Gasteiger partial charge is 0.468 e. The number of nitrogens with one attached hydrogen (secondary N) is 1. The zero-order chi connectivity index (χ0) is 15.8. The van der Waals surface area contributed by atoms with Gasteiger partial charge in [-0.25, -0.2) is 0 Å². The topological polar surface area (TPSA) is 56.8 Å². The number of esters is 1. The number of methoxy groups -OCH3 is 2. The summed E-state index contributed by atoms with van der Waals surface area (Å²) in [6.07, 6.45) is 1.34. The molecule has 1 N–H and O–H groups in total. The highest BCUT2D eigenvalue weighted by Crippen LogP contribution is 2.18. The summed E-state index contributed by atoms with van der Waals surface area (Å²) in [4.78, 5) is 11.9. The van der Waals surface area contributed by atoms with E-state index in [1.807, 2.05) is 34.6 Å². The van der Waals surface area contributed by atoms with Crippen LogP contribution in [0.15, 0.2) is 0 Å². The van der Waals surface area contributed by atoms with Gasteiger partial charge in [-0.1, -0.05) is 6.92 Å². The average Bonchev–Trinajstić information content (AvgIpc) is 2.37. The molecule has 2 unspecified atom stereocenters. The summed E-state index contributed by atoms with van der Waals surface area (Å²) in [6.45, 7) is 11.1. The SMILES string of the molecule is CCNC(C)(CC(C)OCCC(C)(C)OC)C(=O)OC. The maximum Gasteiger partial charge on any atom is 0.325 e. The van der Waals surface area contributed by atoms with E-state index in [0.29, 0.717) is 19.6 Å². The quantitative estimate of drug-likeness (QED) is 0.624. The Labute approximate surface area is 123 Å². The number of ether oxygens (including phenoxy) is 3. The summed E-state index contributed by atoms with van der Waals surface area (Å²) >= 11 is 0. The molecule has 0 saturated carbocycles. The number of carbonyl (C=O) groups is 1. The van der Waals surface area contributed by atoms with Gasteiger partial charge in [0.05, 0.1) is 18.8 Å². The van der Waals surface area contributed by atoms with Gasteiger partial charge >= 0.3 is 5.97 Å². The van der Waals surface area contributed by atoms with Gasteiger partial charge in [-0.3, -0.25) is 4.79 Å². The van der Waals surface area contributed by atoms with Crippen LogP contribution in [0.3, 0.4) is 0 Å². The minimum absolute atomic E-state index is 0.0363. The molecule has 20 heavy (non-hydrogen) atoms. The lowest BCUT2D eigenvalue weighted by Gasteiger charge is -2.31. The van der Waals surface area contributed by atoms with Crippen molar-refractivity contribution in [3.63, 3.8) is 0 Å². The Morgan fingerprint density at radius 3 is 2.30 bits per heavy atom. The van der Waals surface area contributed by atoms with Gasteiger partial charge in [0.25, 0.3) is 0 Å². The second kappa shape index (κ2) is 8.60. The molecule has 120 valence electrons. The zero-order valence-electron chi connectivity index (χ0n) is 14.0. The van der Waals surface area contributed by atoms with Crippen molar-refractivity contribution in [2.24, 2.45) is 0 Å². The van der Waals surface area contributed by atoms with Crippen molar-refractivity contribution >= 4 is 5.97 Å². The van der Waals surface area contributed by atoms with Crippen LogP contribution in [0.4, 0.5) is 0 Å². The van der Waals surface area contributed by atoms with E-state index in [1.54, 1.807) is 7.11 Å². The molecule has 0 aromatic rings. The molecule has 0 bridgehead atoms. The molecule has 0 aliphatic carbocycles. The van der Waals surface area contributed by atoms with Crippen molar-refractivity contribution in [2.45, 2.75) is 64.7 Å². The molecule has 0 heterocycles. The number of likely N-dealkylation sites (N-methyl/N-ethyl adjacent to an activating group) is 1. The maximum absolute atomic E-state index is 11.9. The molecule has 0 radical (unpaired) electrons. The summed E-state index contributed by atoms with van der Waals surface area (Å²) in [5.74, 6) is -0.257. The Hall–Kier alpha value is -0.650. The van der Waals surface area contributed by atoms with Gasteiger partial charge in [-0.05, 0) is 40.7 Å². The Kier molecular flexibility index (Phi) is 8.32. The van der Waals surface area contributed by atoms with E-state index in [-0.39, 0.29) is 17.7 Å². The van der Waals surface area contributed by atoms with Crippen LogP contribution < -0.4 is 5.32 Å². The third kappa shape index (κ3) is 6.68. The third-order valence-corrected chi connectivity index (χ3v) is 3.56. The average molecular weight is 289 g/mol. The van der Waals surface area contributed by atoms with Crippen molar-refractivity contribution in [1.82, 2.24) is 5.32 Å². The monoisotopic (exact) mass is 289 g/mol. The molecule has 0 amide bonds. The first kappa shape index (κ1) is 19.4. The predicted octanol–water partition coefficient (Wildman–Crippen LogP) is 2.14. The molecule has 5 nitrogen and oxygen atoms in total. The van der Waals surface area contributed by atoms with E-state index in [4.69, 9.17) is 14.2 Å². The number of rotatable bonds is 10. The first-order valence-electron chi connectivity index (χ1n) is 7.21. The fourth-order valence-electron chi connectivity index (χ4n) is 2.08. The zero-order valence-corrected chi connectivity index (χ0v) is 14.0. The maximum atomic E-state index is 11.9. The molecular weight excluding hydrogens is 258 g/mol. The van der Waals surface area contributed by atoms with E-state index in [2.05, 4.69) is 5.32 Å². The smallest absolute Gasteiger partial charge is 0.325 e. The highest BCUT2D eigenvalue weighted by Gasteiger charge is 2.35. The number of hydrogen-bond acceptors (Lipinski definition) is 5. The van der Waals surface area contributed by atoms with Gasteiger partial charge in [0.2, 0.25) is 0 Å². The summed E-state index contributed by atoms with van der Waals surface area (Å²) in [6, 6.07) is 0. The Morgan fingerprint density at radius 1 is 1.25 bits per heavy atom. The van der Waals surface area contributed by atoms with Crippen LogP contribution in [-0.4, -0.2) is 50.6 Å². The van der Waals surface area contributed by atoms with Crippen molar-refractivity contribution < 1.29 is 19.0 Å². The lowest BCUT2D eigenvalue weighted by atomic mass is 9.94. The molecule has 0 aromatic carbocycles. The second-order valence-electron chi connectivity index (χ2n) is 5.95. The molecule has 0 aliphatic rings. The highest BCUT2D eigenvalue weighted by atomic mass is 16.5. The first-order chi connectivity index (χ1) is 9.20. The molecule has 5 heteroatoms. The summed E-state index contributed by atoms with van der Waals surface area (Å²) in [5.41, 5.74) is -0.896.